The molecule has 17 heavy (non-hydrogen) atoms. The van der Waals surface area contributed by atoms with Gasteiger partial charge >= 0.3 is 0 Å². The number of phenolic OH excluding ortho intramolecular Hbond substituents is 1. The molecule has 0 unspecified atom stereocenters. The van der Waals surface area contributed by atoms with E-state index in [0.29, 0.717) is 17.0 Å². The predicted octanol–water partition coefficient (Wildman–Crippen LogP) is 2.42. The van der Waals surface area contributed by atoms with Crippen molar-refractivity contribution >= 4 is 5.88 Å². The minimum absolute atomic E-state index is 0.000187. The summed E-state index contributed by atoms with van der Waals surface area (Å²) in [6.07, 6.45) is -0.000187. The predicted molar refractivity (Wildman–Crippen MR) is 63.8 cm³/mol. The number of aromatic hydroxyl groups is 1. The molecule has 3 N–H and O–H groups in total. The Morgan fingerprint density at radius 1 is 1.41 bits per heavy atom. The number of hydrogen-bond donors (Lipinski definition) is 2. The molecule has 1 heterocycles. The highest BCUT2D eigenvalue weighted by Gasteiger charge is 2.16. The molecule has 5 nitrogen and oxygen atoms in total. The molecule has 0 aliphatic carbocycles. The summed E-state index contributed by atoms with van der Waals surface area (Å²) in [5.74, 6) is 0.823. The first-order chi connectivity index (χ1) is 8.08. The third-order valence-electron chi connectivity index (χ3n) is 2.15. The van der Waals surface area contributed by atoms with E-state index in [4.69, 9.17) is 15.0 Å². The SMILES string of the molecule is CC(C)Oc1cccc(O)c1-c1cc(N)on1. The van der Waals surface area contributed by atoms with Gasteiger partial charge in [0.1, 0.15) is 17.2 Å². The summed E-state index contributed by atoms with van der Waals surface area (Å²) in [6.45, 7) is 3.82. The first-order valence-electron chi connectivity index (χ1n) is 5.29. The highest BCUT2D eigenvalue weighted by molar-refractivity contribution is 5.74. The van der Waals surface area contributed by atoms with Crippen molar-refractivity contribution in [1.29, 1.82) is 0 Å². The number of ether oxygens (including phenoxy) is 1. The number of hydrogen-bond acceptors (Lipinski definition) is 5. The van der Waals surface area contributed by atoms with Crippen molar-refractivity contribution in [3.63, 3.8) is 0 Å². The summed E-state index contributed by atoms with van der Waals surface area (Å²) in [7, 11) is 0. The van der Waals surface area contributed by atoms with Crippen LogP contribution in [0.5, 0.6) is 11.5 Å². The normalized spacial score (nSPS) is 10.8. The molecule has 0 radical (unpaired) electrons. The van der Waals surface area contributed by atoms with Crippen molar-refractivity contribution in [2.24, 2.45) is 0 Å². The topological polar surface area (TPSA) is 81.5 Å². The first-order valence-corrected chi connectivity index (χ1v) is 5.29. The molecule has 1 aromatic carbocycles. The quantitative estimate of drug-likeness (QED) is 0.852. The Balaban J connectivity index is 2.50. The van der Waals surface area contributed by atoms with Gasteiger partial charge < -0.3 is 20.1 Å². The zero-order valence-electron chi connectivity index (χ0n) is 9.68. The van der Waals surface area contributed by atoms with Gasteiger partial charge in [-0.1, -0.05) is 11.2 Å². The van der Waals surface area contributed by atoms with Gasteiger partial charge in [-0.05, 0) is 26.0 Å². The van der Waals surface area contributed by atoms with Crippen LogP contribution in [0.25, 0.3) is 11.3 Å². The fourth-order valence-corrected chi connectivity index (χ4v) is 1.54. The molecule has 2 rings (SSSR count). The van der Waals surface area contributed by atoms with Crippen LogP contribution in [0, 0.1) is 0 Å². The Labute approximate surface area is 98.8 Å². The van der Waals surface area contributed by atoms with Crippen molar-refractivity contribution < 1.29 is 14.4 Å². The van der Waals surface area contributed by atoms with Gasteiger partial charge in [0.15, 0.2) is 0 Å². The smallest absolute Gasteiger partial charge is 0.222 e. The van der Waals surface area contributed by atoms with Crippen molar-refractivity contribution in [3.8, 4) is 22.8 Å². The molecule has 0 saturated carbocycles. The van der Waals surface area contributed by atoms with Crippen LogP contribution >= 0.6 is 0 Å². The van der Waals surface area contributed by atoms with Gasteiger partial charge in [0.25, 0.3) is 0 Å². The second kappa shape index (κ2) is 4.37. The first kappa shape index (κ1) is 11.3. The number of phenols is 1. The van der Waals surface area contributed by atoms with E-state index in [1.54, 1.807) is 24.3 Å². The number of rotatable bonds is 3. The average molecular weight is 234 g/mol. The monoisotopic (exact) mass is 234 g/mol. The number of anilines is 1. The lowest BCUT2D eigenvalue weighted by molar-refractivity contribution is 0.242. The van der Waals surface area contributed by atoms with E-state index in [1.807, 2.05) is 13.8 Å². The fourth-order valence-electron chi connectivity index (χ4n) is 1.54. The van der Waals surface area contributed by atoms with Gasteiger partial charge in [-0.2, -0.15) is 0 Å². The molecule has 2 aromatic rings. The summed E-state index contributed by atoms with van der Waals surface area (Å²) < 4.78 is 10.4. The van der Waals surface area contributed by atoms with Gasteiger partial charge in [0.05, 0.1) is 11.7 Å². The van der Waals surface area contributed by atoms with Gasteiger partial charge in [-0.25, -0.2) is 0 Å². The van der Waals surface area contributed by atoms with E-state index in [0.717, 1.165) is 0 Å². The lowest BCUT2D eigenvalue weighted by Crippen LogP contribution is -2.06. The van der Waals surface area contributed by atoms with E-state index in [-0.39, 0.29) is 17.7 Å². The summed E-state index contributed by atoms with van der Waals surface area (Å²) in [5.41, 5.74) is 6.41. The molecule has 0 amide bonds. The average Bonchev–Trinajstić information content (AvgIpc) is 2.64. The largest absolute Gasteiger partial charge is 0.507 e. The number of nitrogen functional groups attached to an aromatic ring is 1. The summed E-state index contributed by atoms with van der Waals surface area (Å²) >= 11 is 0. The van der Waals surface area contributed by atoms with E-state index >= 15 is 0 Å². The Kier molecular flexibility index (Phi) is 2.91. The van der Waals surface area contributed by atoms with E-state index < -0.39 is 0 Å². The fraction of sp³-hybridized carbons (Fsp3) is 0.250. The molecule has 1 aromatic heterocycles. The summed E-state index contributed by atoms with van der Waals surface area (Å²) in [5, 5.41) is 13.6. The third-order valence-corrected chi connectivity index (χ3v) is 2.15. The van der Waals surface area contributed by atoms with Crippen LogP contribution in [0.2, 0.25) is 0 Å². The lowest BCUT2D eigenvalue weighted by Gasteiger charge is -2.13. The van der Waals surface area contributed by atoms with Crippen molar-refractivity contribution in [2.45, 2.75) is 20.0 Å². The van der Waals surface area contributed by atoms with Crippen LogP contribution in [0.15, 0.2) is 28.8 Å². The van der Waals surface area contributed by atoms with Crippen LogP contribution in [-0.2, 0) is 0 Å². The highest BCUT2D eigenvalue weighted by Crippen LogP contribution is 2.37. The standard InChI is InChI=1S/C12H14N2O3/c1-7(2)16-10-5-3-4-9(15)12(10)8-6-11(13)17-14-8/h3-7,15H,13H2,1-2H3. The second-order valence-corrected chi connectivity index (χ2v) is 3.93. The maximum atomic E-state index is 9.86. The summed E-state index contributed by atoms with van der Waals surface area (Å²) in [4.78, 5) is 0. The van der Waals surface area contributed by atoms with E-state index in [9.17, 15) is 5.11 Å². The number of aromatic nitrogens is 1. The van der Waals surface area contributed by atoms with Gasteiger partial charge in [-0.3, -0.25) is 0 Å². The molecule has 0 atom stereocenters. The Hall–Kier alpha value is -2.17. The molecular formula is C12H14N2O3. The molecule has 0 aliphatic rings. The van der Waals surface area contributed by atoms with Crippen LogP contribution in [0.1, 0.15) is 13.8 Å². The minimum Gasteiger partial charge on any atom is -0.507 e. The molecule has 0 fully saturated rings. The highest BCUT2D eigenvalue weighted by atomic mass is 16.5. The zero-order chi connectivity index (χ0) is 12.4. The third kappa shape index (κ3) is 2.33. The molecule has 0 saturated heterocycles. The number of benzene rings is 1. The van der Waals surface area contributed by atoms with Crippen molar-refractivity contribution in [2.75, 3.05) is 5.73 Å². The minimum atomic E-state index is -0.000187. The van der Waals surface area contributed by atoms with Crippen LogP contribution in [0.4, 0.5) is 5.88 Å². The lowest BCUT2D eigenvalue weighted by atomic mass is 10.1. The van der Waals surface area contributed by atoms with Gasteiger partial charge in [0.2, 0.25) is 5.88 Å². The maximum absolute atomic E-state index is 9.86. The molecule has 0 bridgehead atoms. The van der Waals surface area contributed by atoms with Crippen molar-refractivity contribution in [3.05, 3.63) is 24.3 Å². The molecular weight excluding hydrogens is 220 g/mol. The Morgan fingerprint density at radius 3 is 2.76 bits per heavy atom. The summed E-state index contributed by atoms with van der Waals surface area (Å²) in [6, 6.07) is 6.58. The van der Waals surface area contributed by atoms with Gasteiger partial charge in [0, 0.05) is 6.07 Å². The zero-order valence-corrected chi connectivity index (χ0v) is 9.68. The van der Waals surface area contributed by atoms with Gasteiger partial charge in [-0.15, -0.1) is 0 Å². The van der Waals surface area contributed by atoms with Crippen LogP contribution in [0.3, 0.4) is 0 Å². The van der Waals surface area contributed by atoms with E-state index in [1.165, 1.54) is 0 Å². The van der Waals surface area contributed by atoms with Crippen molar-refractivity contribution in [1.82, 2.24) is 5.16 Å². The number of nitrogens with zero attached hydrogens (tertiary/aromatic N) is 1. The maximum Gasteiger partial charge on any atom is 0.222 e. The molecule has 0 spiro atoms. The molecule has 5 heteroatoms. The van der Waals surface area contributed by atoms with Crippen LogP contribution < -0.4 is 10.5 Å². The Bertz CT molecular complexity index is 520. The second-order valence-electron chi connectivity index (χ2n) is 3.93. The van der Waals surface area contributed by atoms with E-state index in [2.05, 4.69) is 5.16 Å². The molecule has 0 aliphatic heterocycles. The van der Waals surface area contributed by atoms with Crippen LogP contribution in [-0.4, -0.2) is 16.4 Å². The Morgan fingerprint density at radius 2 is 2.18 bits per heavy atom. The molecule has 90 valence electrons. The number of nitrogens with two attached hydrogens (primary N) is 1.